The summed E-state index contributed by atoms with van der Waals surface area (Å²) in [6.45, 7) is 2.05. The fourth-order valence-electron chi connectivity index (χ4n) is 2.08. The fraction of sp³-hybridized carbons (Fsp3) is 0.917. The molecule has 1 rings (SSSR count). The third kappa shape index (κ3) is 3.14. The first-order valence-electron chi connectivity index (χ1n) is 6.29. The third-order valence-corrected chi connectivity index (χ3v) is 3.15. The van der Waals surface area contributed by atoms with Crippen LogP contribution in [0, 0.1) is 5.92 Å². The number of alkyl halides is 4. The fourth-order valence-corrected chi connectivity index (χ4v) is 2.08. The standard InChI is InChI=1S/C12H18F4O5/c1-7(2)8-11(9(13)14,12(15,16)10(17)21-8)20-6-19-5-4-18-3/h7-9H,4-6H2,1-3H3/t8-,11-/m1/s1. The van der Waals surface area contributed by atoms with Crippen LogP contribution < -0.4 is 0 Å². The predicted molar refractivity (Wildman–Crippen MR) is 62.2 cm³/mol. The SMILES string of the molecule is COCCOCO[C@@]1(C(F)F)[C@@H](C(C)C)OC(=O)C1(F)F. The van der Waals surface area contributed by atoms with E-state index in [0.29, 0.717) is 0 Å². The average Bonchev–Trinajstić information content (AvgIpc) is 2.59. The van der Waals surface area contributed by atoms with Gasteiger partial charge in [0.15, 0.2) is 0 Å². The van der Waals surface area contributed by atoms with Gasteiger partial charge in [-0.2, -0.15) is 8.78 Å². The van der Waals surface area contributed by atoms with Gasteiger partial charge < -0.3 is 18.9 Å². The molecular formula is C12H18F4O5. The van der Waals surface area contributed by atoms with E-state index in [1.54, 1.807) is 0 Å². The lowest BCUT2D eigenvalue weighted by Crippen LogP contribution is -2.61. The monoisotopic (exact) mass is 318 g/mol. The molecule has 0 amide bonds. The first-order chi connectivity index (χ1) is 9.71. The zero-order valence-electron chi connectivity index (χ0n) is 11.9. The maximum atomic E-state index is 13.9. The highest BCUT2D eigenvalue weighted by Crippen LogP contribution is 2.49. The van der Waals surface area contributed by atoms with Crippen molar-refractivity contribution < 1.29 is 41.3 Å². The summed E-state index contributed by atoms with van der Waals surface area (Å²) in [5, 5.41) is 0. The molecule has 0 unspecified atom stereocenters. The molecule has 0 aromatic rings. The number of hydrogen-bond donors (Lipinski definition) is 0. The number of methoxy groups -OCH3 is 1. The number of carbonyl (C=O) groups excluding carboxylic acids is 1. The van der Waals surface area contributed by atoms with E-state index in [0.717, 1.165) is 0 Å². The Labute approximate surface area is 119 Å². The number of cyclic esters (lactones) is 1. The van der Waals surface area contributed by atoms with Gasteiger partial charge in [0.05, 0.1) is 13.2 Å². The largest absolute Gasteiger partial charge is 0.454 e. The molecule has 0 aromatic carbocycles. The molecule has 1 aliphatic rings. The van der Waals surface area contributed by atoms with Crippen LogP contribution in [0.1, 0.15) is 13.8 Å². The van der Waals surface area contributed by atoms with Crippen LogP contribution in [0.3, 0.4) is 0 Å². The molecule has 2 atom stereocenters. The van der Waals surface area contributed by atoms with Crippen molar-refractivity contribution >= 4 is 5.97 Å². The highest BCUT2D eigenvalue weighted by atomic mass is 19.3. The summed E-state index contributed by atoms with van der Waals surface area (Å²) in [6, 6.07) is 0. The Morgan fingerprint density at radius 2 is 1.90 bits per heavy atom. The van der Waals surface area contributed by atoms with Crippen LogP contribution in [0.4, 0.5) is 17.6 Å². The van der Waals surface area contributed by atoms with Gasteiger partial charge in [-0.1, -0.05) is 13.8 Å². The lowest BCUT2D eigenvalue weighted by Gasteiger charge is -2.36. The van der Waals surface area contributed by atoms with Gasteiger partial charge in [0.1, 0.15) is 12.9 Å². The first kappa shape index (κ1) is 18.1. The summed E-state index contributed by atoms with van der Waals surface area (Å²) < 4.78 is 73.0. The summed E-state index contributed by atoms with van der Waals surface area (Å²) in [6.07, 6.45) is -5.40. The second-order valence-electron chi connectivity index (χ2n) is 4.90. The Morgan fingerprint density at radius 3 is 2.38 bits per heavy atom. The van der Waals surface area contributed by atoms with E-state index in [4.69, 9.17) is 4.74 Å². The molecule has 0 N–H and O–H groups in total. The molecule has 0 spiro atoms. The number of rotatable bonds is 8. The van der Waals surface area contributed by atoms with Crippen LogP contribution in [-0.4, -0.2) is 57.1 Å². The maximum absolute atomic E-state index is 13.9. The van der Waals surface area contributed by atoms with Gasteiger partial charge in [-0.05, 0) is 5.92 Å². The van der Waals surface area contributed by atoms with Crippen molar-refractivity contribution in [2.45, 2.75) is 37.9 Å². The van der Waals surface area contributed by atoms with E-state index in [1.807, 2.05) is 0 Å². The van der Waals surface area contributed by atoms with Crippen molar-refractivity contribution in [1.29, 1.82) is 0 Å². The Morgan fingerprint density at radius 1 is 1.29 bits per heavy atom. The van der Waals surface area contributed by atoms with Crippen molar-refractivity contribution in [3.05, 3.63) is 0 Å². The number of carbonyl (C=O) groups is 1. The molecule has 0 bridgehead atoms. The van der Waals surface area contributed by atoms with Gasteiger partial charge >= 0.3 is 11.9 Å². The second-order valence-corrected chi connectivity index (χ2v) is 4.90. The van der Waals surface area contributed by atoms with Crippen molar-refractivity contribution in [3.8, 4) is 0 Å². The Bertz CT molecular complexity index is 364. The molecule has 0 aliphatic carbocycles. The lowest BCUT2D eigenvalue weighted by molar-refractivity contribution is -0.280. The van der Waals surface area contributed by atoms with E-state index in [-0.39, 0.29) is 13.2 Å². The predicted octanol–water partition coefficient (Wildman–Crippen LogP) is 1.84. The Balaban J connectivity index is 2.95. The van der Waals surface area contributed by atoms with Crippen LogP contribution in [0.25, 0.3) is 0 Å². The normalized spacial score (nSPS) is 28.4. The lowest BCUT2D eigenvalue weighted by atomic mass is 9.85. The zero-order valence-corrected chi connectivity index (χ0v) is 11.9. The number of ether oxygens (including phenoxy) is 4. The molecule has 0 aromatic heterocycles. The maximum Gasteiger partial charge on any atom is 0.381 e. The van der Waals surface area contributed by atoms with Crippen molar-refractivity contribution in [2.24, 2.45) is 5.92 Å². The van der Waals surface area contributed by atoms with Gasteiger partial charge in [0, 0.05) is 7.11 Å². The van der Waals surface area contributed by atoms with E-state index >= 15 is 0 Å². The van der Waals surface area contributed by atoms with Crippen LogP contribution in [0.2, 0.25) is 0 Å². The van der Waals surface area contributed by atoms with E-state index in [2.05, 4.69) is 14.2 Å². The molecule has 1 aliphatic heterocycles. The number of esters is 1. The quantitative estimate of drug-likeness (QED) is 0.296. The molecule has 124 valence electrons. The molecule has 9 heteroatoms. The molecule has 1 saturated heterocycles. The van der Waals surface area contributed by atoms with E-state index in [9.17, 15) is 22.4 Å². The Kier molecular flexibility index (Phi) is 5.94. The van der Waals surface area contributed by atoms with Crippen molar-refractivity contribution in [3.63, 3.8) is 0 Å². The summed E-state index contributed by atoms with van der Waals surface area (Å²) in [7, 11) is 1.39. The Hall–Kier alpha value is -0.930. The molecule has 5 nitrogen and oxygen atoms in total. The van der Waals surface area contributed by atoms with Gasteiger partial charge in [0.25, 0.3) is 6.43 Å². The highest BCUT2D eigenvalue weighted by molar-refractivity contribution is 5.82. The van der Waals surface area contributed by atoms with Gasteiger partial charge in [-0.25, -0.2) is 13.6 Å². The minimum absolute atomic E-state index is 0.0253. The topological polar surface area (TPSA) is 54.0 Å². The highest BCUT2D eigenvalue weighted by Gasteiger charge is 2.77. The zero-order chi connectivity index (χ0) is 16.3. The number of halogens is 4. The summed E-state index contributed by atoms with van der Waals surface area (Å²) in [5.41, 5.74) is -3.36. The minimum atomic E-state index is -4.46. The van der Waals surface area contributed by atoms with Gasteiger partial charge in [-0.3, -0.25) is 0 Å². The summed E-state index contributed by atoms with van der Waals surface area (Å²) in [5.74, 6) is -7.26. The van der Waals surface area contributed by atoms with Gasteiger partial charge in [0.2, 0.25) is 5.60 Å². The van der Waals surface area contributed by atoms with E-state index < -0.39 is 42.7 Å². The van der Waals surface area contributed by atoms with Crippen molar-refractivity contribution in [1.82, 2.24) is 0 Å². The van der Waals surface area contributed by atoms with Gasteiger partial charge in [-0.15, -0.1) is 0 Å². The van der Waals surface area contributed by atoms with E-state index in [1.165, 1.54) is 21.0 Å². The van der Waals surface area contributed by atoms with Crippen LogP contribution >= 0.6 is 0 Å². The third-order valence-electron chi connectivity index (χ3n) is 3.15. The molecule has 21 heavy (non-hydrogen) atoms. The first-order valence-corrected chi connectivity index (χ1v) is 6.29. The van der Waals surface area contributed by atoms with Crippen molar-refractivity contribution in [2.75, 3.05) is 27.1 Å². The average molecular weight is 318 g/mol. The molecule has 1 heterocycles. The molecule has 0 radical (unpaired) electrons. The molecule has 1 fully saturated rings. The minimum Gasteiger partial charge on any atom is -0.454 e. The smallest absolute Gasteiger partial charge is 0.381 e. The second kappa shape index (κ2) is 6.89. The van der Waals surface area contributed by atoms with Crippen LogP contribution in [-0.2, 0) is 23.7 Å². The summed E-state index contributed by atoms with van der Waals surface area (Å²) in [4.78, 5) is 11.2. The molecule has 0 saturated carbocycles. The molecular weight excluding hydrogens is 300 g/mol. The summed E-state index contributed by atoms with van der Waals surface area (Å²) >= 11 is 0. The van der Waals surface area contributed by atoms with Crippen LogP contribution in [0.5, 0.6) is 0 Å². The van der Waals surface area contributed by atoms with Crippen LogP contribution in [0.15, 0.2) is 0 Å². The number of hydrogen-bond acceptors (Lipinski definition) is 5.